The first kappa shape index (κ1) is 12.9. The predicted octanol–water partition coefficient (Wildman–Crippen LogP) is -0.371. The van der Waals surface area contributed by atoms with Gasteiger partial charge in [0.25, 0.3) is 0 Å². The second-order valence-electron chi connectivity index (χ2n) is 4.91. The molecule has 0 spiro atoms. The maximum Gasteiger partial charge on any atom is 0.187 e. The van der Waals surface area contributed by atoms with Crippen molar-refractivity contribution in [2.45, 2.75) is 64.0 Å². The van der Waals surface area contributed by atoms with Crippen LogP contribution in [-0.4, -0.2) is 51.6 Å². The molecule has 0 aliphatic carbocycles. The highest BCUT2D eigenvalue weighted by atomic mass is 16.7. The molecular formula is C10H20O5. The number of aliphatic hydroxyl groups is 3. The predicted molar refractivity (Wildman–Crippen MR) is 53.2 cm³/mol. The van der Waals surface area contributed by atoms with E-state index < -0.39 is 36.3 Å². The Morgan fingerprint density at radius 3 is 2.00 bits per heavy atom. The summed E-state index contributed by atoms with van der Waals surface area (Å²) in [6.07, 6.45) is -5.01. The summed E-state index contributed by atoms with van der Waals surface area (Å²) in [4.78, 5) is 0. The summed E-state index contributed by atoms with van der Waals surface area (Å²) in [6.45, 7) is 7.10. The van der Waals surface area contributed by atoms with E-state index in [-0.39, 0.29) is 0 Å². The van der Waals surface area contributed by atoms with Crippen LogP contribution in [0.2, 0.25) is 0 Å². The average Bonchev–Trinajstić information content (AvgIpc) is 2.08. The van der Waals surface area contributed by atoms with E-state index in [1.54, 1.807) is 6.92 Å². The van der Waals surface area contributed by atoms with E-state index in [4.69, 9.17) is 9.47 Å². The number of rotatable bonds is 1. The molecule has 5 nitrogen and oxygen atoms in total. The number of hydrogen-bond acceptors (Lipinski definition) is 5. The molecule has 0 aromatic heterocycles. The average molecular weight is 220 g/mol. The van der Waals surface area contributed by atoms with Crippen molar-refractivity contribution < 1.29 is 24.8 Å². The van der Waals surface area contributed by atoms with Crippen LogP contribution < -0.4 is 0 Å². The van der Waals surface area contributed by atoms with Crippen LogP contribution in [0.3, 0.4) is 0 Å². The number of hydrogen-bond donors (Lipinski definition) is 3. The molecule has 90 valence electrons. The maximum absolute atomic E-state index is 9.63. The molecule has 0 bridgehead atoms. The van der Waals surface area contributed by atoms with Crippen LogP contribution in [0.25, 0.3) is 0 Å². The van der Waals surface area contributed by atoms with Crippen molar-refractivity contribution in [1.29, 1.82) is 0 Å². The van der Waals surface area contributed by atoms with Gasteiger partial charge >= 0.3 is 0 Å². The first-order valence-electron chi connectivity index (χ1n) is 5.10. The van der Waals surface area contributed by atoms with Crippen LogP contribution in [0.1, 0.15) is 27.7 Å². The molecule has 1 rings (SSSR count). The third-order valence-corrected chi connectivity index (χ3v) is 2.28. The summed E-state index contributed by atoms with van der Waals surface area (Å²) in [5.41, 5.74) is -0.479. The van der Waals surface area contributed by atoms with Gasteiger partial charge < -0.3 is 24.8 Å². The fraction of sp³-hybridized carbons (Fsp3) is 1.00. The van der Waals surface area contributed by atoms with Crippen LogP contribution >= 0.6 is 0 Å². The fourth-order valence-corrected chi connectivity index (χ4v) is 1.46. The van der Waals surface area contributed by atoms with Gasteiger partial charge in [0, 0.05) is 0 Å². The topological polar surface area (TPSA) is 79.2 Å². The monoisotopic (exact) mass is 220 g/mol. The van der Waals surface area contributed by atoms with Gasteiger partial charge in [-0.15, -0.1) is 0 Å². The van der Waals surface area contributed by atoms with Crippen molar-refractivity contribution in [3.63, 3.8) is 0 Å². The summed E-state index contributed by atoms with van der Waals surface area (Å²) in [5.74, 6) is 0. The molecule has 1 fully saturated rings. The lowest BCUT2D eigenvalue weighted by Crippen LogP contribution is -2.58. The highest BCUT2D eigenvalue weighted by molar-refractivity contribution is 4.87. The van der Waals surface area contributed by atoms with Crippen molar-refractivity contribution >= 4 is 0 Å². The molecule has 0 saturated carbocycles. The lowest BCUT2D eigenvalue weighted by Gasteiger charge is -2.41. The Balaban J connectivity index is 2.67. The smallest absolute Gasteiger partial charge is 0.187 e. The zero-order valence-corrected chi connectivity index (χ0v) is 9.54. The quantitative estimate of drug-likeness (QED) is 0.562. The van der Waals surface area contributed by atoms with Gasteiger partial charge in [0.1, 0.15) is 18.3 Å². The highest BCUT2D eigenvalue weighted by Crippen LogP contribution is 2.25. The van der Waals surface area contributed by atoms with Crippen molar-refractivity contribution in [3.8, 4) is 0 Å². The third-order valence-electron chi connectivity index (χ3n) is 2.28. The largest absolute Gasteiger partial charge is 0.388 e. The molecule has 0 aromatic carbocycles. The Labute approximate surface area is 89.6 Å². The molecule has 1 aliphatic heterocycles. The van der Waals surface area contributed by atoms with Gasteiger partial charge in [-0.1, -0.05) is 0 Å². The lowest BCUT2D eigenvalue weighted by molar-refractivity contribution is -0.314. The molecule has 0 radical (unpaired) electrons. The Kier molecular flexibility index (Phi) is 3.73. The zero-order valence-electron chi connectivity index (χ0n) is 9.54. The summed E-state index contributed by atoms with van der Waals surface area (Å²) in [6, 6.07) is 0. The summed E-state index contributed by atoms with van der Waals surface area (Å²) in [7, 11) is 0. The molecule has 15 heavy (non-hydrogen) atoms. The van der Waals surface area contributed by atoms with E-state index in [1.807, 2.05) is 20.8 Å². The minimum absolute atomic E-state index is 0.479. The van der Waals surface area contributed by atoms with E-state index in [2.05, 4.69) is 0 Å². The second-order valence-corrected chi connectivity index (χ2v) is 4.91. The van der Waals surface area contributed by atoms with Crippen LogP contribution in [0.4, 0.5) is 0 Å². The minimum Gasteiger partial charge on any atom is -0.388 e. The van der Waals surface area contributed by atoms with Crippen molar-refractivity contribution in [3.05, 3.63) is 0 Å². The van der Waals surface area contributed by atoms with Crippen LogP contribution in [0.5, 0.6) is 0 Å². The Morgan fingerprint density at radius 2 is 1.53 bits per heavy atom. The number of aliphatic hydroxyl groups excluding tert-OH is 3. The van der Waals surface area contributed by atoms with E-state index in [9.17, 15) is 15.3 Å². The van der Waals surface area contributed by atoms with Gasteiger partial charge in [0.05, 0.1) is 11.7 Å². The van der Waals surface area contributed by atoms with Gasteiger partial charge in [0.15, 0.2) is 6.29 Å². The van der Waals surface area contributed by atoms with Crippen LogP contribution in [-0.2, 0) is 9.47 Å². The molecule has 3 N–H and O–H groups in total. The standard InChI is InChI=1S/C10H20O5/c1-5-6(11)7(12)8(13)9(14-5)15-10(2,3)4/h5-9,11-13H,1-4H3/t5-,6+,7+,8-,9-/m0/s1. The Hall–Kier alpha value is -0.200. The maximum atomic E-state index is 9.63. The summed E-state index contributed by atoms with van der Waals surface area (Å²) >= 11 is 0. The van der Waals surface area contributed by atoms with E-state index in [0.29, 0.717) is 0 Å². The SMILES string of the molecule is C[C@@H]1O[C@@H](OC(C)(C)C)[C@@H](O)[C@H](O)[C@@H]1O. The highest BCUT2D eigenvalue weighted by Gasteiger charge is 2.43. The molecule has 1 aliphatic rings. The zero-order chi connectivity index (χ0) is 11.8. The van der Waals surface area contributed by atoms with Crippen molar-refractivity contribution in [1.82, 2.24) is 0 Å². The Bertz CT molecular complexity index is 212. The van der Waals surface area contributed by atoms with Gasteiger partial charge in [-0.2, -0.15) is 0 Å². The lowest BCUT2D eigenvalue weighted by atomic mass is 10.00. The molecular weight excluding hydrogens is 200 g/mol. The van der Waals surface area contributed by atoms with Crippen LogP contribution in [0, 0.1) is 0 Å². The van der Waals surface area contributed by atoms with Gasteiger partial charge in [0.2, 0.25) is 0 Å². The molecule has 0 amide bonds. The van der Waals surface area contributed by atoms with E-state index in [1.165, 1.54) is 0 Å². The normalized spacial score (nSPS) is 43.0. The van der Waals surface area contributed by atoms with Crippen molar-refractivity contribution in [2.75, 3.05) is 0 Å². The summed E-state index contributed by atoms with van der Waals surface area (Å²) < 4.78 is 10.7. The number of ether oxygens (including phenoxy) is 2. The summed E-state index contributed by atoms with van der Waals surface area (Å²) in [5, 5.41) is 28.6. The third kappa shape index (κ3) is 3.12. The van der Waals surface area contributed by atoms with Crippen LogP contribution in [0.15, 0.2) is 0 Å². The van der Waals surface area contributed by atoms with E-state index in [0.717, 1.165) is 0 Å². The minimum atomic E-state index is -1.24. The van der Waals surface area contributed by atoms with Gasteiger partial charge in [-0.05, 0) is 27.7 Å². The molecule has 5 heteroatoms. The van der Waals surface area contributed by atoms with Gasteiger partial charge in [-0.3, -0.25) is 0 Å². The Morgan fingerprint density at radius 1 is 1.00 bits per heavy atom. The fourth-order valence-electron chi connectivity index (χ4n) is 1.46. The first-order valence-corrected chi connectivity index (χ1v) is 5.10. The van der Waals surface area contributed by atoms with Crippen molar-refractivity contribution in [2.24, 2.45) is 0 Å². The molecule has 0 unspecified atom stereocenters. The second kappa shape index (κ2) is 4.35. The molecule has 1 saturated heterocycles. The first-order chi connectivity index (χ1) is 6.72. The molecule has 1 heterocycles. The van der Waals surface area contributed by atoms with Gasteiger partial charge in [-0.25, -0.2) is 0 Å². The molecule has 5 atom stereocenters. The van der Waals surface area contributed by atoms with E-state index >= 15 is 0 Å². The molecule has 0 aromatic rings.